The van der Waals surface area contributed by atoms with Crippen LogP contribution in [0, 0.1) is 11.8 Å². The second-order valence-electron chi connectivity index (χ2n) is 4.92. The van der Waals surface area contributed by atoms with Crippen molar-refractivity contribution in [2.24, 2.45) is 0 Å². The van der Waals surface area contributed by atoms with Crippen LogP contribution in [0.15, 0.2) is 29.2 Å². The van der Waals surface area contributed by atoms with E-state index in [-0.39, 0.29) is 23.6 Å². The first-order valence-electron chi connectivity index (χ1n) is 6.80. The smallest absolute Gasteiger partial charge is 0.242 e. The van der Waals surface area contributed by atoms with Crippen molar-refractivity contribution in [1.29, 1.82) is 0 Å². The van der Waals surface area contributed by atoms with Crippen LogP contribution in [0.4, 0.5) is 0 Å². The van der Waals surface area contributed by atoms with Gasteiger partial charge >= 0.3 is 0 Å². The zero-order valence-corrected chi connectivity index (χ0v) is 12.7. The van der Waals surface area contributed by atoms with E-state index < -0.39 is 10.0 Å². The van der Waals surface area contributed by atoms with Crippen molar-refractivity contribution in [3.05, 3.63) is 29.8 Å². The van der Waals surface area contributed by atoms with Gasteiger partial charge in [-0.05, 0) is 25.0 Å². The molecule has 2 rings (SSSR count). The molecule has 0 aliphatic heterocycles. The molecule has 21 heavy (non-hydrogen) atoms. The summed E-state index contributed by atoms with van der Waals surface area (Å²) in [5.41, 5.74) is 0.445. The van der Waals surface area contributed by atoms with Crippen LogP contribution >= 0.6 is 0 Å². The minimum atomic E-state index is -3.59. The molecule has 6 heteroatoms. The van der Waals surface area contributed by atoms with Crippen molar-refractivity contribution in [2.75, 3.05) is 13.7 Å². The van der Waals surface area contributed by atoms with E-state index in [1.165, 1.54) is 6.07 Å². The monoisotopic (exact) mass is 309 g/mol. The molecule has 0 bridgehead atoms. The van der Waals surface area contributed by atoms with E-state index >= 15 is 0 Å². The number of rotatable bonds is 5. The van der Waals surface area contributed by atoms with Gasteiger partial charge in [0.2, 0.25) is 10.0 Å². The van der Waals surface area contributed by atoms with Crippen molar-refractivity contribution in [2.45, 2.75) is 36.3 Å². The van der Waals surface area contributed by atoms with E-state index in [2.05, 4.69) is 16.6 Å². The first-order chi connectivity index (χ1) is 10.1. The molecule has 0 radical (unpaired) electrons. The predicted molar refractivity (Wildman–Crippen MR) is 79.2 cm³/mol. The van der Waals surface area contributed by atoms with Gasteiger partial charge in [-0.2, -0.15) is 0 Å². The van der Waals surface area contributed by atoms with Gasteiger partial charge in [-0.15, -0.1) is 0 Å². The second kappa shape index (κ2) is 7.05. The van der Waals surface area contributed by atoms with Gasteiger partial charge in [0, 0.05) is 25.1 Å². The zero-order valence-electron chi connectivity index (χ0n) is 11.9. The fourth-order valence-electron chi connectivity index (χ4n) is 2.16. The summed E-state index contributed by atoms with van der Waals surface area (Å²) < 4.78 is 32.7. The summed E-state index contributed by atoms with van der Waals surface area (Å²) in [5.74, 6) is 5.54. The number of hydrogen-bond acceptors (Lipinski definition) is 4. The van der Waals surface area contributed by atoms with Gasteiger partial charge in [-0.1, -0.05) is 24.0 Å². The van der Waals surface area contributed by atoms with Crippen LogP contribution in [-0.4, -0.2) is 39.4 Å². The van der Waals surface area contributed by atoms with Gasteiger partial charge < -0.3 is 9.84 Å². The third-order valence-corrected chi connectivity index (χ3v) is 4.97. The van der Waals surface area contributed by atoms with E-state index in [1.807, 2.05) is 0 Å². The lowest BCUT2D eigenvalue weighted by molar-refractivity contribution is 0.0236. The number of ether oxygens (including phenoxy) is 1. The summed E-state index contributed by atoms with van der Waals surface area (Å²) >= 11 is 0. The molecule has 1 fully saturated rings. The van der Waals surface area contributed by atoms with E-state index in [4.69, 9.17) is 9.84 Å². The molecule has 1 aliphatic rings. The highest BCUT2D eigenvalue weighted by atomic mass is 32.2. The number of methoxy groups -OCH3 is 1. The highest BCUT2D eigenvalue weighted by Crippen LogP contribution is 2.25. The van der Waals surface area contributed by atoms with Gasteiger partial charge in [0.05, 0.1) is 17.6 Å². The van der Waals surface area contributed by atoms with Crippen molar-refractivity contribution < 1.29 is 18.3 Å². The molecule has 1 aromatic carbocycles. The molecule has 0 saturated heterocycles. The summed E-state index contributed by atoms with van der Waals surface area (Å²) in [6.45, 7) is -0.0410. The molecule has 1 aliphatic carbocycles. The Labute approximate surface area is 125 Å². The first-order valence-corrected chi connectivity index (χ1v) is 8.29. The number of hydrogen-bond donors (Lipinski definition) is 2. The van der Waals surface area contributed by atoms with E-state index in [1.54, 1.807) is 25.3 Å². The van der Waals surface area contributed by atoms with Crippen molar-refractivity contribution in [3.8, 4) is 11.8 Å². The van der Waals surface area contributed by atoms with Crippen LogP contribution in [0.2, 0.25) is 0 Å². The van der Waals surface area contributed by atoms with Gasteiger partial charge in [0.15, 0.2) is 0 Å². The average molecular weight is 309 g/mol. The standard InChI is InChI=1S/C15H19NO4S/c1-20-14-10-13(11-14)16-21(18,19)15-8-3-2-6-12(15)7-4-5-9-17/h2-3,6,8,13-14,16-17H,5,9-11H2,1H3. The number of aliphatic hydroxyl groups is 1. The maximum atomic E-state index is 12.4. The van der Waals surface area contributed by atoms with E-state index in [0.717, 1.165) is 0 Å². The highest BCUT2D eigenvalue weighted by Gasteiger charge is 2.33. The normalized spacial score (nSPS) is 21.2. The molecule has 0 heterocycles. The van der Waals surface area contributed by atoms with Crippen molar-refractivity contribution in [3.63, 3.8) is 0 Å². The number of benzene rings is 1. The Morgan fingerprint density at radius 2 is 2.10 bits per heavy atom. The molecule has 0 spiro atoms. The Morgan fingerprint density at radius 1 is 1.38 bits per heavy atom. The summed E-state index contributed by atoms with van der Waals surface area (Å²) in [6.07, 6.45) is 1.83. The van der Waals surface area contributed by atoms with Crippen LogP contribution in [-0.2, 0) is 14.8 Å². The molecule has 0 aromatic heterocycles. The predicted octanol–water partition coefficient (Wildman–Crippen LogP) is 0.876. The van der Waals surface area contributed by atoms with E-state index in [0.29, 0.717) is 24.8 Å². The molecule has 0 unspecified atom stereocenters. The molecule has 1 saturated carbocycles. The SMILES string of the molecule is COC1CC(NS(=O)(=O)c2ccccc2C#CCCO)C1. The van der Waals surface area contributed by atoms with Crippen LogP contribution in [0.3, 0.4) is 0 Å². The van der Waals surface area contributed by atoms with Gasteiger partial charge in [-0.3, -0.25) is 0 Å². The lowest BCUT2D eigenvalue weighted by Crippen LogP contribution is -2.47. The molecule has 0 amide bonds. The fourth-order valence-corrected chi connectivity index (χ4v) is 3.58. The fraction of sp³-hybridized carbons (Fsp3) is 0.467. The average Bonchev–Trinajstić information content (AvgIpc) is 2.43. The van der Waals surface area contributed by atoms with E-state index in [9.17, 15) is 8.42 Å². The molecule has 1 aromatic rings. The van der Waals surface area contributed by atoms with Crippen molar-refractivity contribution in [1.82, 2.24) is 4.72 Å². The van der Waals surface area contributed by atoms with Crippen LogP contribution in [0.25, 0.3) is 0 Å². The van der Waals surface area contributed by atoms with Gasteiger partial charge in [0.25, 0.3) is 0 Å². The number of aliphatic hydroxyl groups excluding tert-OH is 1. The number of nitrogens with one attached hydrogen (secondary N) is 1. The summed E-state index contributed by atoms with van der Waals surface area (Å²) in [6, 6.07) is 6.53. The molecule has 114 valence electrons. The highest BCUT2D eigenvalue weighted by molar-refractivity contribution is 7.89. The third-order valence-electron chi connectivity index (χ3n) is 3.39. The Bertz CT molecular complexity index is 639. The molecule has 5 nitrogen and oxygen atoms in total. The minimum Gasteiger partial charge on any atom is -0.395 e. The van der Waals surface area contributed by atoms with Crippen LogP contribution in [0.5, 0.6) is 0 Å². The Morgan fingerprint density at radius 3 is 2.76 bits per heavy atom. The maximum absolute atomic E-state index is 12.4. The summed E-state index contributed by atoms with van der Waals surface area (Å²) in [5, 5.41) is 8.74. The largest absolute Gasteiger partial charge is 0.395 e. The topological polar surface area (TPSA) is 75.6 Å². The summed E-state index contributed by atoms with van der Waals surface area (Å²) in [4.78, 5) is 0.177. The number of sulfonamides is 1. The minimum absolute atomic E-state index is 0.0410. The Kier molecular flexibility index (Phi) is 5.37. The van der Waals surface area contributed by atoms with Crippen molar-refractivity contribution >= 4 is 10.0 Å². The third kappa shape index (κ3) is 4.05. The van der Waals surface area contributed by atoms with Gasteiger partial charge in [0.1, 0.15) is 0 Å². The Balaban J connectivity index is 2.15. The maximum Gasteiger partial charge on any atom is 0.242 e. The zero-order chi connectivity index (χ0) is 15.3. The molecule has 2 N–H and O–H groups in total. The molecular formula is C15H19NO4S. The molecule has 0 atom stereocenters. The second-order valence-corrected chi connectivity index (χ2v) is 6.60. The quantitative estimate of drug-likeness (QED) is 0.792. The van der Waals surface area contributed by atoms with Crippen LogP contribution in [0.1, 0.15) is 24.8 Å². The Hall–Kier alpha value is -1.39. The molecular weight excluding hydrogens is 290 g/mol. The first kappa shape index (κ1) is 16.0. The summed E-state index contributed by atoms with van der Waals surface area (Å²) in [7, 11) is -1.96. The van der Waals surface area contributed by atoms with Crippen LogP contribution < -0.4 is 4.72 Å². The lowest BCUT2D eigenvalue weighted by atomic mass is 9.90. The lowest BCUT2D eigenvalue weighted by Gasteiger charge is -2.34. The van der Waals surface area contributed by atoms with Gasteiger partial charge in [-0.25, -0.2) is 13.1 Å².